The molecule has 2 aliphatic carbocycles. The van der Waals surface area contributed by atoms with Crippen LogP contribution >= 0.6 is 0 Å². The van der Waals surface area contributed by atoms with E-state index in [0.717, 1.165) is 41.0 Å². The summed E-state index contributed by atoms with van der Waals surface area (Å²) in [7, 11) is 4.44. The number of benzene rings is 3. The summed E-state index contributed by atoms with van der Waals surface area (Å²) in [5.74, 6) is 0.483. The van der Waals surface area contributed by atoms with E-state index in [-0.39, 0.29) is 6.04 Å². The van der Waals surface area contributed by atoms with Gasteiger partial charge < -0.3 is 9.80 Å². The van der Waals surface area contributed by atoms with E-state index in [9.17, 15) is 8.42 Å². The first-order valence-electron chi connectivity index (χ1n) is 14.0. The van der Waals surface area contributed by atoms with Crippen molar-refractivity contribution >= 4 is 33.3 Å². The summed E-state index contributed by atoms with van der Waals surface area (Å²) in [6.45, 7) is 1.96. The second-order valence-electron chi connectivity index (χ2n) is 11.7. The van der Waals surface area contributed by atoms with E-state index in [2.05, 4.69) is 109 Å². The second kappa shape index (κ2) is 10.1. The number of rotatable bonds is 8. The van der Waals surface area contributed by atoms with Gasteiger partial charge in [0, 0.05) is 68.7 Å². The molecule has 0 aliphatic heterocycles. The van der Waals surface area contributed by atoms with E-state index in [4.69, 9.17) is 0 Å². The highest BCUT2D eigenvalue weighted by Gasteiger charge is 2.43. The number of nitrogens with zero attached hydrogens (tertiary/aromatic N) is 4. The Labute approximate surface area is 243 Å². The van der Waals surface area contributed by atoms with Crippen LogP contribution in [0.25, 0.3) is 6.08 Å². The third-order valence-electron chi connectivity index (χ3n) is 8.27. The molecule has 0 spiro atoms. The quantitative estimate of drug-likeness (QED) is 0.293. The molecule has 0 bridgehead atoms. The molecule has 0 atom stereocenters. The first-order valence-corrected chi connectivity index (χ1v) is 15.5. The van der Waals surface area contributed by atoms with Crippen LogP contribution in [-0.2, 0) is 21.9 Å². The molecule has 212 valence electrons. The predicted molar refractivity (Wildman–Crippen MR) is 168 cm³/mol. The van der Waals surface area contributed by atoms with Crippen molar-refractivity contribution in [3.8, 4) is 0 Å². The van der Waals surface area contributed by atoms with Gasteiger partial charge in [-0.1, -0.05) is 54.1 Å². The maximum atomic E-state index is 13.9. The molecule has 2 aliphatic rings. The fourth-order valence-electron chi connectivity index (χ4n) is 5.72. The molecule has 7 nitrogen and oxygen atoms in total. The molecule has 0 saturated heterocycles. The van der Waals surface area contributed by atoms with Gasteiger partial charge in [-0.3, -0.25) is 5.10 Å². The van der Waals surface area contributed by atoms with Gasteiger partial charge in [0.25, 0.3) is 10.0 Å². The van der Waals surface area contributed by atoms with E-state index >= 15 is 0 Å². The van der Waals surface area contributed by atoms with Crippen molar-refractivity contribution in [2.45, 2.75) is 42.5 Å². The zero-order chi connectivity index (χ0) is 28.9. The number of sulfonamides is 1. The zero-order valence-corrected chi connectivity index (χ0v) is 25.1. The Balaban J connectivity index is 1.48. The topological polar surface area (TPSA) is 72.5 Å². The van der Waals surface area contributed by atoms with Crippen LogP contribution < -0.4 is 14.1 Å². The predicted octanol–water partition coefficient (Wildman–Crippen LogP) is 5.76. The Morgan fingerprint density at radius 2 is 1.44 bits per heavy atom. The molecular weight excluding hydrogens is 530 g/mol. The number of anilines is 3. The highest BCUT2D eigenvalue weighted by Crippen LogP contribution is 2.46. The fraction of sp³-hybridized carbons (Fsp3) is 0.303. The Bertz CT molecular complexity index is 1670. The van der Waals surface area contributed by atoms with Crippen molar-refractivity contribution in [1.29, 1.82) is 0 Å². The number of aryl methyl sites for hydroxylation is 1. The molecule has 41 heavy (non-hydrogen) atoms. The maximum absolute atomic E-state index is 13.9. The van der Waals surface area contributed by atoms with Gasteiger partial charge in [-0.25, -0.2) is 12.7 Å². The van der Waals surface area contributed by atoms with Crippen molar-refractivity contribution in [2.75, 3.05) is 42.3 Å². The molecule has 3 aromatic carbocycles. The maximum Gasteiger partial charge on any atom is 0.265 e. The molecule has 1 N–H and O–H groups in total. The normalized spacial score (nSPS) is 15.8. The largest absolute Gasteiger partial charge is 0.378 e. The summed E-state index contributed by atoms with van der Waals surface area (Å²) in [5, 5.41) is 7.93. The molecule has 4 aromatic rings. The summed E-state index contributed by atoms with van der Waals surface area (Å²) >= 11 is 0. The standard InChI is InChI=1S/C33H37N5O2S/c1-23-12-16-29(17-13-23)41(39,40)38(26-14-15-26)32-30-18-19-33(22-31(30)34-35-32,24-8-6-10-27(20-24)36(2)3)25-9-7-11-28(21-25)37(4)5/h6-13,16-21,26H,14-15,22H2,1-5H3,(H,34,35). The van der Waals surface area contributed by atoms with Crippen molar-refractivity contribution in [3.05, 3.63) is 107 Å². The first-order chi connectivity index (χ1) is 19.6. The van der Waals surface area contributed by atoms with Crippen molar-refractivity contribution < 1.29 is 8.42 Å². The van der Waals surface area contributed by atoms with Gasteiger partial charge >= 0.3 is 0 Å². The number of hydrogen-bond donors (Lipinski definition) is 1. The second-order valence-corrected chi connectivity index (χ2v) is 13.5. The number of nitrogens with one attached hydrogen (secondary N) is 1. The molecule has 1 heterocycles. The Hall–Kier alpha value is -4.04. The Kier molecular flexibility index (Phi) is 6.69. The monoisotopic (exact) mass is 567 g/mol. The first kappa shape index (κ1) is 27.1. The Morgan fingerprint density at radius 3 is 1.98 bits per heavy atom. The third kappa shape index (κ3) is 4.80. The summed E-state index contributed by atoms with van der Waals surface area (Å²) in [6.07, 6.45) is 6.59. The van der Waals surface area contributed by atoms with Crippen molar-refractivity contribution in [1.82, 2.24) is 10.2 Å². The minimum absolute atomic E-state index is 0.0812. The third-order valence-corrected chi connectivity index (χ3v) is 10.1. The minimum Gasteiger partial charge on any atom is -0.378 e. The van der Waals surface area contributed by atoms with Crippen LogP contribution in [0.4, 0.5) is 17.2 Å². The van der Waals surface area contributed by atoms with Gasteiger partial charge in [0.1, 0.15) is 0 Å². The number of aromatic amines is 1. The van der Waals surface area contributed by atoms with Crippen molar-refractivity contribution in [2.24, 2.45) is 0 Å². The van der Waals surface area contributed by atoms with Gasteiger partial charge in [-0.15, -0.1) is 0 Å². The molecule has 0 radical (unpaired) electrons. The molecule has 1 saturated carbocycles. The highest BCUT2D eigenvalue weighted by atomic mass is 32.2. The lowest BCUT2D eigenvalue weighted by Crippen LogP contribution is -2.34. The molecular formula is C33H37N5O2S. The summed E-state index contributed by atoms with van der Waals surface area (Å²) in [6, 6.07) is 24.3. The number of H-pyrrole nitrogens is 1. The lowest BCUT2D eigenvalue weighted by atomic mass is 9.68. The van der Waals surface area contributed by atoms with E-state index in [1.807, 2.05) is 19.1 Å². The zero-order valence-electron chi connectivity index (χ0n) is 24.3. The van der Waals surface area contributed by atoms with Gasteiger partial charge in [0.2, 0.25) is 0 Å². The average Bonchev–Trinajstić information content (AvgIpc) is 3.72. The number of allylic oxidation sites excluding steroid dienone is 1. The highest BCUT2D eigenvalue weighted by molar-refractivity contribution is 7.92. The van der Waals surface area contributed by atoms with Crippen molar-refractivity contribution in [3.63, 3.8) is 0 Å². The molecule has 1 fully saturated rings. The van der Waals surface area contributed by atoms with Crippen LogP contribution in [0.1, 0.15) is 40.8 Å². The molecule has 1 aromatic heterocycles. The lowest BCUT2D eigenvalue weighted by Gasteiger charge is -2.36. The molecule has 0 unspecified atom stereocenters. The van der Waals surface area contributed by atoms with Crippen LogP contribution in [-0.4, -0.2) is 52.8 Å². The van der Waals surface area contributed by atoms with E-state index in [1.54, 1.807) is 16.4 Å². The lowest BCUT2D eigenvalue weighted by molar-refractivity contribution is 0.589. The van der Waals surface area contributed by atoms with E-state index in [1.165, 1.54) is 11.1 Å². The van der Waals surface area contributed by atoms with Gasteiger partial charge in [-0.2, -0.15) is 5.10 Å². The van der Waals surface area contributed by atoms with Crippen LogP contribution in [0.3, 0.4) is 0 Å². The Morgan fingerprint density at radius 1 is 0.854 bits per heavy atom. The molecule has 0 amide bonds. The minimum atomic E-state index is -3.77. The van der Waals surface area contributed by atoms with Gasteiger partial charge in [-0.05, 0) is 67.3 Å². The SMILES string of the molecule is Cc1ccc(S(=O)(=O)N(c2n[nH]c3c2C=CC(c2cccc(N(C)C)c2)(c2cccc(N(C)C)c2)C3)C2CC2)cc1. The van der Waals surface area contributed by atoms with Gasteiger partial charge in [0.15, 0.2) is 5.82 Å². The summed E-state index contributed by atoms with van der Waals surface area (Å²) in [5.41, 5.74) is 6.92. The van der Waals surface area contributed by atoms with Crippen LogP contribution in [0, 0.1) is 6.92 Å². The number of fused-ring (bicyclic) bond motifs is 1. The fourth-order valence-corrected chi connectivity index (χ4v) is 7.40. The smallest absolute Gasteiger partial charge is 0.265 e. The number of aromatic nitrogens is 2. The van der Waals surface area contributed by atoms with Gasteiger partial charge in [0.05, 0.1) is 4.90 Å². The van der Waals surface area contributed by atoms with Crippen LogP contribution in [0.5, 0.6) is 0 Å². The number of hydrogen-bond acceptors (Lipinski definition) is 5. The molecule has 8 heteroatoms. The summed E-state index contributed by atoms with van der Waals surface area (Å²) in [4.78, 5) is 4.52. The van der Waals surface area contributed by atoms with E-state index < -0.39 is 15.4 Å². The van der Waals surface area contributed by atoms with Crippen LogP contribution in [0.15, 0.2) is 83.8 Å². The van der Waals surface area contributed by atoms with Crippen LogP contribution in [0.2, 0.25) is 0 Å². The van der Waals surface area contributed by atoms with E-state index in [0.29, 0.717) is 17.1 Å². The molecule has 6 rings (SSSR count). The average molecular weight is 568 g/mol. The summed E-state index contributed by atoms with van der Waals surface area (Å²) < 4.78 is 29.4.